The molecule has 2 rings (SSSR count). The maximum atomic E-state index is 11.8. The average molecular weight is 259 g/mol. The van der Waals surface area contributed by atoms with E-state index in [1.54, 1.807) is 42.7 Å². The molecule has 18 heavy (non-hydrogen) atoms. The fourth-order valence-electron chi connectivity index (χ4n) is 1.41. The third-order valence-electron chi connectivity index (χ3n) is 2.32. The fourth-order valence-corrected chi connectivity index (χ4v) is 1.53. The predicted octanol–water partition coefficient (Wildman–Crippen LogP) is 3.71. The SMILES string of the molecule is O=C(C/C=N/c1ccccn1)c1ccc(Cl)cc1. The molecule has 0 radical (unpaired) electrons. The minimum Gasteiger partial charge on any atom is -0.294 e. The highest BCUT2D eigenvalue weighted by Gasteiger charge is 2.03. The number of pyridine rings is 1. The zero-order valence-corrected chi connectivity index (χ0v) is 10.3. The molecule has 0 saturated heterocycles. The van der Waals surface area contributed by atoms with Crippen molar-refractivity contribution in [3.8, 4) is 0 Å². The van der Waals surface area contributed by atoms with Crippen LogP contribution in [0.4, 0.5) is 5.82 Å². The molecule has 0 aliphatic heterocycles. The number of Topliss-reactive ketones (excluding diaryl/α,β-unsaturated/α-hetero) is 1. The first kappa shape index (κ1) is 12.5. The Hall–Kier alpha value is -2.00. The van der Waals surface area contributed by atoms with Crippen molar-refractivity contribution in [2.75, 3.05) is 0 Å². The Morgan fingerprint density at radius 2 is 2.00 bits per heavy atom. The van der Waals surface area contributed by atoms with Crippen LogP contribution in [0, 0.1) is 0 Å². The third kappa shape index (κ3) is 3.50. The van der Waals surface area contributed by atoms with Gasteiger partial charge >= 0.3 is 0 Å². The number of rotatable bonds is 4. The van der Waals surface area contributed by atoms with Crippen LogP contribution in [-0.4, -0.2) is 17.0 Å². The molecule has 0 unspecified atom stereocenters. The second kappa shape index (κ2) is 6.07. The molecular formula is C14H11ClN2O. The quantitative estimate of drug-likeness (QED) is 0.620. The average Bonchev–Trinajstić information content (AvgIpc) is 2.40. The lowest BCUT2D eigenvalue weighted by atomic mass is 10.1. The minimum absolute atomic E-state index is 0.00588. The van der Waals surface area contributed by atoms with E-state index in [2.05, 4.69) is 9.98 Å². The van der Waals surface area contributed by atoms with E-state index in [4.69, 9.17) is 11.6 Å². The highest BCUT2D eigenvalue weighted by atomic mass is 35.5. The van der Waals surface area contributed by atoms with Crippen LogP contribution in [-0.2, 0) is 0 Å². The lowest BCUT2D eigenvalue weighted by Crippen LogP contribution is -1.98. The van der Waals surface area contributed by atoms with E-state index in [1.807, 2.05) is 12.1 Å². The zero-order valence-electron chi connectivity index (χ0n) is 9.58. The second-order valence-corrected chi connectivity index (χ2v) is 4.07. The summed E-state index contributed by atoms with van der Waals surface area (Å²) in [5.41, 5.74) is 0.631. The molecule has 0 fully saturated rings. The van der Waals surface area contributed by atoms with Gasteiger partial charge in [-0.1, -0.05) is 17.7 Å². The molecule has 1 aromatic carbocycles. The number of halogens is 1. The molecule has 0 aliphatic rings. The summed E-state index contributed by atoms with van der Waals surface area (Å²) in [5.74, 6) is 0.604. The Morgan fingerprint density at radius 3 is 2.67 bits per heavy atom. The van der Waals surface area contributed by atoms with Crippen LogP contribution in [0.2, 0.25) is 5.02 Å². The Balaban J connectivity index is 1.96. The van der Waals surface area contributed by atoms with Gasteiger partial charge in [0.15, 0.2) is 11.6 Å². The first-order chi connectivity index (χ1) is 8.75. The highest BCUT2D eigenvalue weighted by molar-refractivity contribution is 6.30. The van der Waals surface area contributed by atoms with Gasteiger partial charge in [-0.15, -0.1) is 0 Å². The van der Waals surface area contributed by atoms with Crippen LogP contribution in [0.5, 0.6) is 0 Å². The van der Waals surface area contributed by atoms with Crippen molar-refractivity contribution < 1.29 is 4.79 Å². The predicted molar refractivity (Wildman–Crippen MR) is 72.8 cm³/mol. The van der Waals surface area contributed by atoms with E-state index in [-0.39, 0.29) is 12.2 Å². The van der Waals surface area contributed by atoms with E-state index in [9.17, 15) is 4.79 Å². The van der Waals surface area contributed by atoms with Crippen molar-refractivity contribution in [1.29, 1.82) is 0 Å². The maximum Gasteiger partial charge on any atom is 0.168 e. The van der Waals surface area contributed by atoms with Crippen LogP contribution >= 0.6 is 11.6 Å². The summed E-state index contributed by atoms with van der Waals surface area (Å²) in [7, 11) is 0. The van der Waals surface area contributed by atoms with Gasteiger partial charge in [-0.3, -0.25) is 4.79 Å². The molecule has 3 nitrogen and oxygen atoms in total. The molecule has 0 saturated carbocycles. The summed E-state index contributed by atoms with van der Waals surface area (Å²) in [5, 5.41) is 0.619. The topological polar surface area (TPSA) is 42.3 Å². The second-order valence-electron chi connectivity index (χ2n) is 3.63. The summed E-state index contributed by atoms with van der Waals surface area (Å²) < 4.78 is 0. The number of ketones is 1. The summed E-state index contributed by atoms with van der Waals surface area (Å²) >= 11 is 5.75. The van der Waals surface area contributed by atoms with Gasteiger partial charge in [0.25, 0.3) is 0 Å². The normalized spacial score (nSPS) is 10.7. The lowest BCUT2D eigenvalue weighted by Gasteiger charge is -1.97. The summed E-state index contributed by atoms with van der Waals surface area (Å²) in [6.45, 7) is 0. The standard InChI is InChI=1S/C14H11ClN2O/c15-12-6-4-11(5-7-12)13(18)8-10-17-14-3-1-2-9-16-14/h1-7,9-10H,8H2/b17-10+. The Bertz CT molecular complexity index is 550. The molecule has 0 spiro atoms. The van der Waals surface area contributed by atoms with Crippen molar-refractivity contribution >= 4 is 29.4 Å². The number of carbonyl (C=O) groups excluding carboxylic acids is 1. The van der Waals surface area contributed by atoms with Crippen LogP contribution in [0.15, 0.2) is 53.7 Å². The van der Waals surface area contributed by atoms with Gasteiger partial charge in [-0.05, 0) is 36.4 Å². The maximum absolute atomic E-state index is 11.8. The Kier molecular flexibility index (Phi) is 4.20. The zero-order chi connectivity index (χ0) is 12.8. The van der Waals surface area contributed by atoms with Gasteiger partial charge in [0.1, 0.15) is 0 Å². The highest BCUT2D eigenvalue weighted by Crippen LogP contribution is 2.11. The number of hydrogen-bond acceptors (Lipinski definition) is 3. The van der Waals surface area contributed by atoms with E-state index in [0.29, 0.717) is 16.4 Å². The largest absolute Gasteiger partial charge is 0.294 e. The smallest absolute Gasteiger partial charge is 0.168 e. The van der Waals surface area contributed by atoms with Crippen LogP contribution in [0.3, 0.4) is 0 Å². The van der Waals surface area contributed by atoms with Gasteiger partial charge in [-0.2, -0.15) is 0 Å². The van der Waals surface area contributed by atoms with Gasteiger partial charge in [-0.25, -0.2) is 9.98 Å². The molecule has 0 bridgehead atoms. The number of aromatic nitrogens is 1. The van der Waals surface area contributed by atoms with E-state index in [0.717, 1.165) is 0 Å². The van der Waals surface area contributed by atoms with Crippen molar-refractivity contribution in [2.24, 2.45) is 4.99 Å². The molecule has 0 amide bonds. The van der Waals surface area contributed by atoms with Crippen molar-refractivity contribution in [3.05, 3.63) is 59.2 Å². The third-order valence-corrected chi connectivity index (χ3v) is 2.57. The van der Waals surface area contributed by atoms with Gasteiger partial charge in [0.2, 0.25) is 0 Å². The van der Waals surface area contributed by atoms with Crippen LogP contribution in [0.25, 0.3) is 0 Å². The number of benzene rings is 1. The molecule has 90 valence electrons. The first-order valence-electron chi connectivity index (χ1n) is 5.48. The van der Waals surface area contributed by atoms with Gasteiger partial charge < -0.3 is 0 Å². The van der Waals surface area contributed by atoms with Crippen LogP contribution < -0.4 is 0 Å². The number of carbonyl (C=O) groups is 1. The molecule has 0 aliphatic carbocycles. The fraction of sp³-hybridized carbons (Fsp3) is 0.0714. The minimum atomic E-state index is 0.00588. The number of nitrogens with zero attached hydrogens (tertiary/aromatic N) is 2. The molecule has 1 aromatic heterocycles. The summed E-state index contributed by atoms with van der Waals surface area (Å²) in [4.78, 5) is 19.9. The molecular weight excluding hydrogens is 248 g/mol. The summed E-state index contributed by atoms with van der Waals surface area (Å²) in [6, 6.07) is 12.3. The Labute approximate surface area is 110 Å². The van der Waals surface area contributed by atoms with E-state index in [1.165, 1.54) is 0 Å². The molecule has 4 heteroatoms. The molecule has 0 N–H and O–H groups in total. The first-order valence-corrected chi connectivity index (χ1v) is 5.86. The van der Waals surface area contributed by atoms with Gasteiger partial charge in [0.05, 0.1) is 0 Å². The number of hydrogen-bond donors (Lipinski definition) is 0. The van der Waals surface area contributed by atoms with Crippen molar-refractivity contribution in [1.82, 2.24) is 4.98 Å². The van der Waals surface area contributed by atoms with Crippen LogP contribution in [0.1, 0.15) is 16.8 Å². The van der Waals surface area contributed by atoms with Crippen molar-refractivity contribution in [2.45, 2.75) is 6.42 Å². The van der Waals surface area contributed by atoms with E-state index < -0.39 is 0 Å². The molecule has 2 aromatic rings. The van der Waals surface area contributed by atoms with E-state index >= 15 is 0 Å². The monoisotopic (exact) mass is 258 g/mol. The number of aliphatic imine (C=N–C) groups is 1. The molecule has 0 atom stereocenters. The van der Waals surface area contributed by atoms with Gasteiger partial charge in [0, 0.05) is 29.4 Å². The molecule has 1 heterocycles. The summed E-state index contributed by atoms with van der Waals surface area (Å²) in [6.07, 6.45) is 3.48. The van der Waals surface area contributed by atoms with Crippen molar-refractivity contribution in [3.63, 3.8) is 0 Å². The Morgan fingerprint density at radius 1 is 1.22 bits per heavy atom. The lowest BCUT2D eigenvalue weighted by molar-refractivity contribution is 0.100.